The minimum atomic E-state index is -4.86. The summed E-state index contributed by atoms with van der Waals surface area (Å²) < 4.78 is 45.3. The molecule has 6 heteroatoms. The molecule has 0 unspecified atom stereocenters. The van der Waals surface area contributed by atoms with Crippen LogP contribution in [0.3, 0.4) is 0 Å². The summed E-state index contributed by atoms with van der Waals surface area (Å²) in [6.45, 7) is 2.98. The van der Waals surface area contributed by atoms with Gasteiger partial charge in [0.25, 0.3) is 5.78 Å². The van der Waals surface area contributed by atoms with Gasteiger partial charge in [-0.15, -0.1) is 0 Å². The van der Waals surface area contributed by atoms with Crippen LogP contribution in [0.15, 0.2) is 11.8 Å². The van der Waals surface area contributed by atoms with Crippen LogP contribution in [-0.2, 0) is 14.3 Å². The van der Waals surface area contributed by atoms with Gasteiger partial charge in [0.1, 0.15) is 12.4 Å². The van der Waals surface area contributed by atoms with E-state index in [0.717, 1.165) is 0 Å². The third kappa shape index (κ3) is 2.73. The van der Waals surface area contributed by atoms with Crippen molar-refractivity contribution >= 4 is 5.78 Å². The van der Waals surface area contributed by atoms with E-state index in [4.69, 9.17) is 9.47 Å². The first-order valence-corrected chi connectivity index (χ1v) is 3.85. The predicted octanol–water partition coefficient (Wildman–Crippen LogP) is 1.78. The Morgan fingerprint density at radius 2 is 2.07 bits per heavy atom. The summed E-state index contributed by atoms with van der Waals surface area (Å²) in [5.74, 6) is -3.00. The topological polar surface area (TPSA) is 35.5 Å². The summed E-state index contributed by atoms with van der Waals surface area (Å²) in [6, 6.07) is 0. The first kappa shape index (κ1) is 11.0. The molecular weight excluding hydrogens is 201 g/mol. The van der Waals surface area contributed by atoms with Crippen molar-refractivity contribution < 1.29 is 27.4 Å². The standard InChI is InChI=1S/C8H9F3O3/c1-7(2)13-4-5(14-7)3-6(12)8(9,10)11/h3H,4H2,1-2H3/b5-3+. The average molecular weight is 210 g/mol. The number of ether oxygens (including phenoxy) is 2. The molecule has 0 saturated carbocycles. The van der Waals surface area contributed by atoms with Gasteiger partial charge in [-0.25, -0.2) is 0 Å². The molecule has 14 heavy (non-hydrogen) atoms. The molecule has 80 valence electrons. The highest BCUT2D eigenvalue weighted by Crippen LogP contribution is 2.26. The summed E-state index contributed by atoms with van der Waals surface area (Å²) in [6.07, 6.45) is -4.45. The normalized spacial score (nSPS) is 23.6. The van der Waals surface area contributed by atoms with Crippen molar-refractivity contribution in [2.24, 2.45) is 0 Å². The molecule has 1 aliphatic rings. The smallest absolute Gasteiger partial charge is 0.454 e. The number of alkyl halides is 3. The molecule has 0 amide bonds. The van der Waals surface area contributed by atoms with Crippen molar-refractivity contribution in [2.45, 2.75) is 25.8 Å². The largest absolute Gasteiger partial charge is 0.465 e. The lowest BCUT2D eigenvalue weighted by atomic mass is 10.3. The average Bonchev–Trinajstić information content (AvgIpc) is 2.28. The summed E-state index contributed by atoms with van der Waals surface area (Å²) in [5.41, 5.74) is 0. The van der Waals surface area contributed by atoms with E-state index in [1.807, 2.05) is 0 Å². The van der Waals surface area contributed by atoms with E-state index in [-0.39, 0.29) is 12.4 Å². The molecule has 0 bridgehead atoms. The van der Waals surface area contributed by atoms with Crippen LogP contribution in [0.5, 0.6) is 0 Å². The minimum Gasteiger partial charge on any atom is -0.465 e. The van der Waals surface area contributed by atoms with Gasteiger partial charge in [-0.1, -0.05) is 0 Å². The quantitative estimate of drug-likeness (QED) is 0.619. The Morgan fingerprint density at radius 3 is 2.43 bits per heavy atom. The van der Waals surface area contributed by atoms with Crippen molar-refractivity contribution in [1.82, 2.24) is 0 Å². The van der Waals surface area contributed by atoms with Crippen LogP contribution in [0.4, 0.5) is 13.2 Å². The van der Waals surface area contributed by atoms with E-state index in [9.17, 15) is 18.0 Å². The highest BCUT2D eigenvalue weighted by Gasteiger charge is 2.38. The van der Waals surface area contributed by atoms with E-state index in [0.29, 0.717) is 6.08 Å². The van der Waals surface area contributed by atoms with Crippen LogP contribution in [-0.4, -0.2) is 24.4 Å². The van der Waals surface area contributed by atoms with Crippen LogP contribution >= 0.6 is 0 Å². The fourth-order valence-corrected chi connectivity index (χ4v) is 0.919. The highest BCUT2D eigenvalue weighted by atomic mass is 19.4. The maximum Gasteiger partial charge on any atom is 0.454 e. The van der Waals surface area contributed by atoms with Crippen molar-refractivity contribution in [2.75, 3.05) is 6.61 Å². The van der Waals surface area contributed by atoms with Gasteiger partial charge in [0.05, 0.1) is 0 Å². The first-order chi connectivity index (χ1) is 6.21. The first-order valence-electron chi connectivity index (χ1n) is 3.85. The van der Waals surface area contributed by atoms with Crippen molar-refractivity contribution in [3.63, 3.8) is 0 Å². The van der Waals surface area contributed by atoms with Crippen LogP contribution in [0, 0.1) is 0 Å². The van der Waals surface area contributed by atoms with Gasteiger partial charge >= 0.3 is 6.18 Å². The molecule has 3 nitrogen and oxygen atoms in total. The summed E-state index contributed by atoms with van der Waals surface area (Å²) in [7, 11) is 0. The zero-order chi connectivity index (χ0) is 11.0. The fraction of sp³-hybridized carbons (Fsp3) is 0.625. The lowest BCUT2D eigenvalue weighted by molar-refractivity contribution is -0.165. The van der Waals surface area contributed by atoms with Gasteiger partial charge < -0.3 is 9.47 Å². The Kier molecular flexibility index (Phi) is 2.58. The van der Waals surface area contributed by atoms with Crippen molar-refractivity contribution in [3.8, 4) is 0 Å². The number of carbonyl (C=O) groups excluding carboxylic acids is 1. The van der Waals surface area contributed by atoms with E-state index in [2.05, 4.69) is 0 Å². The number of hydrogen-bond acceptors (Lipinski definition) is 3. The molecule has 1 saturated heterocycles. The molecule has 0 N–H and O–H groups in total. The number of halogens is 3. The molecule has 1 rings (SSSR count). The highest BCUT2D eigenvalue weighted by molar-refractivity contribution is 5.94. The summed E-state index contributed by atoms with van der Waals surface area (Å²) >= 11 is 0. The molecule has 1 fully saturated rings. The minimum absolute atomic E-state index is 0.0997. The van der Waals surface area contributed by atoms with Gasteiger partial charge in [-0.05, 0) is 0 Å². The molecule has 0 atom stereocenters. The lowest BCUT2D eigenvalue weighted by Crippen LogP contribution is -2.21. The molecule has 0 aromatic rings. The molecular formula is C8H9F3O3. The van der Waals surface area contributed by atoms with E-state index >= 15 is 0 Å². The van der Waals surface area contributed by atoms with Crippen LogP contribution in [0.1, 0.15) is 13.8 Å². The van der Waals surface area contributed by atoms with Gasteiger partial charge in [0.2, 0.25) is 5.79 Å². The molecule has 1 heterocycles. The third-order valence-electron chi connectivity index (χ3n) is 1.51. The number of ketones is 1. The molecule has 1 aliphatic heterocycles. The molecule has 0 aromatic carbocycles. The Morgan fingerprint density at radius 1 is 1.50 bits per heavy atom. The molecule has 0 aromatic heterocycles. The van der Waals surface area contributed by atoms with E-state index in [1.165, 1.54) is 0 Å². The zero-order valence-electron chi connectivity index (χ0n) is 7.64. The second kappa shape index (κ2) is 3.27. The lowest BCUT2D eigenvalue weighted by Gasteiger charge is -2.15. The summed E-state index contributed by atoms with van der Waals surface area (Å²) in [4.78, 5) is 10.5. The van der Waals surface area contributed by atoms with Gasteiger partial charge in [0.15, 0.2) is 0 Å². The van der Waals surface area contributed by atoms with E-state index in [1.54, 1.807) is 13.8 Å². The van der Waals surface area contributed by atoms with Crippen LogP contribution in [0.25, 0.3) is 0 Å². The Labute approximate surface area is 78.5 Å². The molecule has 0 radical (unpaired) electrons. The van der Waals surface area contributed by atoms with Crippen molar-refractivity contribution in [3.05, 3.63) is 11.8 Å². The number of rotatable bonds is 1. The monoisotopic (exact) mass is 210 g/mol. The molecule has 0 spiro atoms. The second-order valence-electron chi connectivity index (χ2n) is 3.26. The van der Waals surface area contributed by atoms with Gasteiger partial charge in [-0.3, -0.25) is 4.79 Å². The maximum atomic E-state index is 11.8. The Balaban J connectivity index is 2.68. The SMILES string of the molecule is CC1(C)OC/C(=C\C(=O)C(F)(F)F)O1. The number of allylic oxidation sites excluding steroid dienone is 1. The number of hydrogen-bond donors (Lipinski definition) is 0. The zero-order valence-corrected chi connectivity index (χ0v) is 7.64. The third-order valence-corrected chi connectivity index (χ3v) is 1.51. The summed E-state index contributed by atoms with van der Waals surface area (Å²) in [5, 5.41) is 0. The Hall–Kier alpha value is -1.04. The Bertz CT molecular complexity index is 278. The molecule has 0 aliphatic carbocycles. The van der Waals surface area contributed by atoms with Gasteiger partial charge in [-0.2, -0.15) is 13.2 Å². The van der Waals surface area contributed by atoms with E-state index < -0.39 is 17.7 Å². The van der Waals surface area contributed by atoms with Crippen molar-refractivity contribution in [1.29, 1.82) is 0 Å². The second-order valence-corrected chi connectivity index (χ2v) is 3.26. The fourth-order valence-electron chi connectivity index (χ4n) is 0.919. The van der Waals surface area contributed by atoms with Crippen LogP contribution in [0.2, 0.25) is 0 Å². The predicted molar refractivity (Wildman–Crippen MR) is 40.3 cm³/mol. The number of carbonyl (C=O) groups is 1. The van der Waals surface area contributed by atoms with Crippen LogP contribution < -0.4 is 0 Å². The maximum absolute atomic E-state index is 11.8. The van der Waals surface area contributed by atoms with Gasteiger partial charge in [0, 0.05) is 19.9 Å².